The zero-order valence-electron chi connectivity index (χ0n) is 9.88. The largest absolute Gasteiger partial charge is 0.437 e. The molecular weight excluding hydrogens is 216 g/mol. The third-order valence-electron chi connectivity index (χ3n) is 2.46. The molecule has 4 heteroatoms. The highest BCUT2D eigenvalue weighted by Crippen LogP contribution is 2.19. The minimum atomic E-state index is -0.0639. The average Bonchev–Trinajstić information content (AvgIpc) is 2.79. The van der Waals surface area contributed by atoms with Crippen LogP contribution < -0.4 is 4.90 Å². The van der Waals surface area contributed by atoms with Crippen LogP contribution >= 0.6 is 0 Å². The fraction of sp³-hybridized carbons (Fsp3) is 0.231. The number of aromatic nitrogens is 1. The Bertz CT molecular complexity index is 505. The Morgan fingerprint density at radius 3 is 2.82 bits per heavy atom. The molecule has 0 aliphatic rings. The molecule has 0 saturated carbocycles. The number of rotatable bonds is 4. The second-order valence-corrected chi connectivity index (χ2v) is 3.91. The van der Waals surface area contributed by atoms with Gasteiger partial charge in [-0.2, -0.15) is 0 Å². The van der Waals surface area contributed by atoms with Crippen molar-refractivity contribution in [1.29, 1.82) is 0 Å². The van der Waals surface area contributed by atoms with E-state index in [1.54, 1.807) is 18.3 Å². The van der Waals surface area contributed by atoms with Crippen molar-refractivity contribution in [3.8, 4) is 0 Å². The molecule has 0 aliphatic heterocycles. The van der Waals surface area contributed by atoms with Gasteiger partial charge in [-0.05, 0) is 17.7 Å². The molecule has 2 aromatic heterocycles. The van der Waals surface area contributed by atoms with Gasteiger partial charge in [0.05, 0.1) is 0 Å². The lowest BCUT2D eigenvalue weighted by atomic mass is 10.3. The van der Waals surface area contributed by atoms with Gasteiger partial charge in [0.25, 0.3) is 0 Å². The Morgan fingerprint density at radius 1 is 1.41 bits per heavy atom. The van der Waals surface area contributed by atoms with E-state index in [-0.39, 0.29) is 5.78 Å². The van der Waals surface area contributed by atoms with Crippen LogP contribution in [0.4, 0.5) is 5.88 Å². The predicted molar refractivity (Wildman–Crippen MR) is 65.1 cm³/mol. The second-order valence-electron chi connectivity index (χ2n) is 3.91. The number of hydrogen-bond acceptors (Lipinski definition) is 4. The molecule has 2 heterocycles. The summed E-state index contributed by atoms with van der Waals surface area (Å²) in [4.78, 5) is 17.1. The Balaban J connectivity index is 2.09. The van der Waals surface area contributed by atoms with Crippen LogP contribution in [0.2, 0.25) is 0 Å². The van der Waals surface area contributed by atoms with Crippen molar-refractivity contribution < 1.29 is 9.21 Å². The van der Waals surface area contributed by atoms with Crippen molar-refractivity contribution in [2.45, 2.75) is 13.5 Å². The summed E-state index contributed by atoms with van der Waals surface area (Å²) >= 11 is 0. The topological polar surface area (TPSA) is 46.3 Å². The number of hydrogen-bond donors (Lipinski definition) is 0. The van der Waals surface area contributed by atoms with Crippen molar-refractivity contribution >= 4 is 11.7 Å². The number of nitrogens with zero attached hydrogens (tertiary/aromatic N) is 2. The highest BCUT2D eigenvalue weighted by atomic mass is 16.4. The Hall–Kier alpha value is -2.10. The van der Waals surface area contributed by atoms with E-state index >= 15 is 0 Å². The molecule has 0 amide bonds. The summed E-state index contributed by atoms with van der Waals surface area (Å²) in [6, 6.07) is 7.38. The van der Waals surface area contributed by atoms with Crippen LogP contribution in [0.15, 0.2) is 41.1 Å². The second kappa shape index (κ2) is 4.82. The fourth-order valence-corrected chi connectivity index (χ4v) is 1.57. The molecule has 0 spiro atoms. The van der Waals surface area contributed by atoms with Gasteiger partial charge in [0, 0.05) is 39.0 Å². The molecule has 0 atom stereocenters. The van der Waals surface area contributed by atoms with Gasteiger partial charge in [-0.25, -0.2) is 0 Å². The molecule has 0 radical (unpaired) electrons. The number of carbonyl (C=O) groups excluding carboxylic acids is 1. The van der Waals surface area contributed by atoms with E-state index in [0.29, 0.717) is 18.2 Å². The lowest BCUT2D eigenvalue weighted by Gasteiger charge is -2.15. The minimum Gasteiger partial charge on any atom is -0.437 e. The van der Waals surface area contributed by atoms with Crippen LogP contribution in [0.3, 0.4) is 0 Å². The van der Waals surface area contributed by atoms with Gasteiger partial charge in [-0.1, -0.05) is 6.07 Å². The monoisotopic (exact) mass is 230 g/mol. The standard InChI is InChI=1S/C13H14N2O2/c1-10(16)12-5-6-13(17-12)15(2)9-11-4-3-7-14-8-11/h3-8H,9H2,1-2H3. The normalized spacial score (nSPS) is 10.2. The maximum atomic E-state index is 11.1. The zero-order chi connectivity index (χ0) is 12.3. The summed E-state index contributed by atoms with van der Waals surface area (Å²) in [7, 11) is 1.91. The highest BCUT2D eigenvalue weighted by Gasteiger charge is 2.10. The van der Waals surface area contributed by atoms with Gasteiger partial charge in [-0.15, -0.1) is 0 Å². The van der Waals surface area contributed by atoms with Gasteiger partial charge in [-0.3, -0.25) is 9.78 Å². The molecule has 0 saturated heterocycles. The number of pyridine rings is 1. The molecular formula is C13H14N2O2. The third-order valence-corrected chi connectivity index (χ3v) is 2.46. The third kappa shape index (κ3) is 2.72. The predicted octanol–water partition coefficient (Wildman–Crippen LogP) is 2.51. The SMILES string of the molecule is CC(=O)c1ccc(N(C)Cc2cccnc2)o1. The van der Waals surface area contributed by atoms with E-state index < -0.39 is 0 Å². The molecule has 0 bridgehead atoms. The first-order chi connectivity index (χ1) is 8.16. The maximum absolute atomic E-state index is 11.1. The summed E-state index contributed by atoms with van der Waals surface area (Å²) in [6.07, 6.45) is 3.55. The summed E-state index contributed by atoms with van der Waals surface area (Å²) in [6.45, 7) is 2.18. The van der Waals surface area contributed by atoms with Crippen molar-refractivity contribution in [1.82, 2.24) is 4.98 Å². The molecule has 0 N–H and O–H groups in total. The van der Waals surface area contributed by atoms with Crippen LogP contribution in [0.25, 0.3) is 0 Å². The van der Waals surface area contributed by atoms with Gasteiger partial charge in [0.2, 0.25) is 0 Å². The van der Waals surface area contributed by atoms with Crippen LogP contribution in [0.1, 0.15) is 23.0 Å². The number of furan rings is 1. The van der Waals surface area contributed by atoms with Crippen molar-refractivity contribution in [2.24, 2.45) is 0 Å². The molecule has 2 rings (SSSR count). The van der Waals surface area contributed by atoms with Crippen LogP contribution in [-0.2, 0) is 6.54 Å². The molecule has 2 aromatic rings. The molecule has 88 valence electrons. The zero-order valence-corrected chi connectivity index (χ0v) is 9.88. The molecule has 0 aromatic carbocycles. The van der Waals surface area contributed by atoms with Crippen molar-refractivity contribution in [3.63, 3.8) is 0 Å². The quantitative estimate of drug-likeness (QED) is 0.757. The maximum Gasteiger partial charge on any atom is 0.196 e. The lowest BCUT2D eigenvalue weighted by Crippen LogP contribution is -2.15. The number of ketones is 1. The van der Waals surface area contributed by atoms with Crippen molar-refractivity contribution in [2.75, 3.05) is 11.9 Å². The number of anilines is 1. The Kier molecular flexibility index (Phi) is 3.23. The summed E-state index contributed by atoms with van der Waals surface area (Å²) in [5.74, 6) is 1.00. The minimum absolute atomic E-state index is 0.0639. The van der Waals surface area contributed by atoms with E-state index in [1.807, 2.05) is 30.3 Å². The highest BCUT2D eigenvalue weighted by molar-refractivity contribution is 5.91. The molecule has 17 heavy (non-hydrogen) atoms. The first-order valence-corrected chi connectivity index (χ1v) is 5.37. The van der Waals surface area contributed by atoms with Gasteiger partial charge < -0.3 is 9.32 Å². The number of carbonyl (C=O) groups is 1. The van der Waals surface area contributed by atoms with E-state index in [0.717, 1.165) is 5.56 Å². The Morgan fingerprint density at radius 2 is 2.24 bits per heavy atom. The van der Waals surface area contributed by atoms with Crippen molar-refractivity contribution in [3.05, 3.63) is 48.0 Å². The van der Waals surface area contributed by atoms with Crippen LogP contribution in [0, 0.1) is 0 Å². The van der Waals surface area contributed by atoms with Gasteiger partial charge in [0.1, 0.15) is 0 Å². The summed E-state index contributed by atoms with van der Waals surface area (Å²) < 4.78 is 5.44. The molecule has 0 fully saturated rings. The summed E-state index contributed by atoms with van der Waals surface area (Å²) in [5, 5.41) is 0. The molecule has 4 nitrogen and oxygen atoms in total. The number of Topliss-reactive ketones (excluding diaryl/α,β-unsaturated/α-hetero) is 1. The van der Waals surface area contributed by atoms with E-state index in [4.69, 9.17) is 4.42 Å². The average molecular weight is 230 g/mol. The van der Waals surface area contributed by atoms with Crippen LogP contribution in [0.5, 0.6) is 0 Å². The van der Waals surface area contributed by atoms with Crippen LogP contribution in [-0.4, -0.2) is 17.8 Å². The smallest absolute Gasteiger partial charge is 0.196 e. The fourth-order valence-electron chi connectivity index (χ4n) is 1.57. The first kappa shape index (κ1) is 11.4. The van der Waals surface area contributed by atoms with Gasteiger partial charge >= 0.3 is 0 Å². The molecule has 0 aliphatic carbocycles. The van der Waals surface area contributed by atoms with E-state index in [2.05, 4.69) is 4.98 Å². The molecule has 0 unspecified atom stereocenters. The summed E-state index contributed by atoms with van der Waals surface area (Å²) in [5.41, 5.74) is 1.09. The first-order valence-electron chi connectivity index (χ1n) is 5.37. The van der Waals surface area contributed by atoms with Gasteiger partial charge in [0.15, 0.2) is 17.4 Å². The Labute approximate surface area is 99.9 Å². The van der Waals surface area contributed by atoms with E-state index in [1.165, 1.54) is 6.92 Å². The lowest BCUT2D eigenvalue weighted by molar-refractivity contribution is 0.0988. The van der Waals surface area contributed by atoms with E-state index in [9.17, 15) is 4.79 Å².